The van der Waals surface area contributed by atoms with Gasteiger partial charge in [0.05, 0.1) is 17.8 Å². The average molecular weight is 368 g/mol. The van der Waals surface area contributed by atoms with E-state index in [1.54, 1.807) is 23.1 Å². The Morgan fingerprint density at radius 1 is 1.12 bits per heavy atom. The number of ketones is 1. The van der Waals surface area contributed by atoms with Crippen LogP contribution in [0.15, 0.2) is 59.2 Å². The van der Waals surface area contributed by atoms with Crippen molar-refractivity contribution >= 4 is 23.5 Å². The number of carbonyl (C=O) groups excluding carboxylic acids is 2. The van der Waals surface area contributed by atoms with E-state index in [9.17, 15) is 9.59 Å². The number of hydrogen-bond acceptors (Lipinski definition) is 4. The molecule has 134 valence electrons. The molecule has 3 aromatic rings. The van der Waals surface area contributed by atoms with E-state index in [0.717, 1.165) is 17.1 Å². The van der Waals surface area contributed by atoms with E-state index in [4.69, 9.17) is 4.42 Å². The summed E-state index contributed by atoms with van der Waals surface area (Å²) in [6.07, 6.45) is 1.63. The molecule has 26 heavy (non-hydrogen) atoms. The second kappa shape index (κ2) is 8.10. The first-order valence-corrected chi connectivity index (χ1v) is 9.40. The number of amides is 1. The van der Waals surface area contributed by atoms with Crippen molar-refractivity contribution < 1.29 is 14.0 Å². The molecule has 0 saturated carbocycles. The summed E-state index contributed by atoms with van der Waals surface area (Å²) in [6.45, 7) is 3.70. The fourth-order valence-corrected chi connectivity index (χ4v) is 3.50. The number of carbonyl (C=O) groups is 2. The molecule has 0 radical (unpaired) electrons. The van der Waals surface area contributed by atoms with Gasteiger partial charge in [-0.25, -0.2) is 0 Å². The van der Waals surface area contributed by atoms with Gasteiger partial charge in [0.15, 0.2) is 5.78 Å². The molecule has 5 nitrogen and oxygen atoms in total. The average Bonchev–Trinajstić information content (AvgIpc) is 3.26. The molecule has 0 bridgehead atoms. The fourth-order valence-electron chi connectivity index (χ4n) is 2.69. The van der Waals surface area contributed by atoms with E-state index < -0.39 is 0 Å². The first kappa shape index (κ1) is 18.1. The highest BCUT2D eigenvalue weighted by atomic mass is 32.2. The van der Waals surface area contributed by atoms with Crippen molar-refractivity contribution in [1.82, 2.24) is 4.68 Å². The smallest absolute Gasteiger partial charge is 0.270 e. The lowest BCUT2D eigenvalue weighted by Gasteiger charge is -2.11. The number of aromatic nitrogens is 1. The van der Waals surface area contributed by atoms with Gasteiger partial charge in [-0.05, 0) is 44.2 Å². The van der Waals surface area contributed by atoms with Crippen molar-refractivity contribution in [2.24, 2.45) is 0 Å². The number of nitrogens with one attached hydrogen (secondary N) is 1. The van der Waals surface area contributed by atoms with Gasteiger partial charge in [-0.1, -0.05) is 18.2 Å². The third-order valence-electron chi connectivity index (χ3n) is 4.04. The normalized spacial score (nSPS) is 10.7. The molecule has 3 rings (SSSR count). The predicted molar refractivity (Wildman–Crippen MR) is 103 cm³/mol. The number of benzene rings is 1. The van der Waals surface area contributed by atoms with Crippen LogP contribution < -0.4 is 5.43 Å². The first-order chi connectivity index (χ1) is 12.6. The second-order valence-corrected chi connectivity index (χ2v) is 6.91. The van der Waals surface area contributed by atoms with Crippen molar-refractivity contribution in [2.75, 3.05) is 11.2 Å². The maximum Gasteiger partial charge on any atom is 0.270 e. The lowest BCUT2D eigenvalue weighted by Crippen LogP contribution is -2.25. The monoisotopic (exact) mass is 368 g/mol. The van der Waals surface area contributed by atoms with Crippen LogP contribution in [-0.4, -0.2) is 22.1 Å². The molecule has 0 spiro atoms. The number of Topliss-reactive ketones (excluding diaryl/α,β-unsaturated/α-hetero) is 1. The van der Waals surface area contributed by atoms with Crippen LogP contribution in [-0.2, 0) is 5.75 Å². The lowest BCUT2D eigenvalue weighted by atomic mass is 10.2. The summed E-state index contributed by atoms with van der Waals surface area (Å²) in [7, 11) is 0. The van der Waals surface area contributed by atoms with Crippen LogP contribution in [0.5, 0.6) is 0 Å². The lowest BCUT2D eigenvalue weighted by molar-refractivity contribution is 0.0999. The zero-order chi connectivity index (χ0) is 18.5. The van der Waals surface area contributed by atoms with Crippen LogP contribution in [0.2, 0.25) is 0 Å². The molecule has 0 saturated heterocycles. The molecule has 2 aromatic heterocycles. The van der Waals surface area contributed by atoms with Crippen LogP contribution >= 0.6 is 11.8 Å². The number of nitrogens with zero attached hydrogens (tertiary/aromatic N) is 1. The van der Waals surface area contributed by atoms with Gasteiger partial charge in [0.2, 0.25) is 0 Å². The van der Waals surface area contributed by atoms with E-state index >= 15 is 0 Å². The number of hydrogen-bond donors (Lipinski definition) is 1. The van der Waals surface area contributed by atoms with Crippen molar-refractivity contribution in [2.45, 2.75) is 19.6 Å². The number of aryl methyl sites for hydroxylation is 1. The predicted octanol–water partition coefficient (Wildman–Crippen LogP) is 4.20. The Labute approximate surface area is 156 Å². The zero-order valence-electron chi connectivity index (χ0n) is 14.7. The number of thioether (sulfide) groups is 1. The largest absolute Gasteiger partial charge is 0.468 e. The molecule has 0 aliphatic rings. The van der Waals surface area contributed by atoms with E-state index in [2.05, 4.69) is 5.43 Å². The summed E-state index contributed by atoms with van der Waals surface area (Å²) in [5, 5.41) is 0. The molecular weight excluding hydrogens is 348 g/mol. The minimum atomic E-state index is -0.210. The molecule has 0 unspecified atom stereocenters. The fraction of sp³-hybridized carbons (Fsp3) is 0.200. The van der Waals surface area contributed by atoms with Crippen LogP contribution in [0.3, 0.4) is 0 Å². The molecule has 1 aromatic carbocycles. The summed E-state index contributed by atoms with van der Waals surface area (Å²) in [4.78, 5) is 24.9. The first-order valence-electron chi connectivity index (χ1n) is 8.25. The molecule has 0 aliphatic carbocycles. The van der Waals surface area contributed by atoms with Gasteiger partial charge in [-0.3, -0.25) is 19.7 Å². The highest BCUT2D eigenvalue weighted by molar-refractivity contribution is 7.99. The van der Waals surface area contributed by atoms with Gasteiger partial charge in [0, 0.05) is 22.5 Å². The van der Waals surface area contributed by atoms with Gasteiger partial charge in [0.25, 0.3) is 5.91 Å². The van der Waals surface area contributed by atoms with Crippen LogP contribution in [0.25, 0.3) is 0 Å². The maximum absolute atomic E-state index is 12.5. The highest BCUT2D eigenvalue weighted by Gasteiger charge is 2.17. The molecule has 1 N–H and O–H groups in total. The third kappa shape index (κ3) is 4.08. The van der Waals surface area contributed by atoms with Gasteiger partial charge in [-0.2, -0.15) is 0 Å². The van der Waals surface area contributed by atoms with Gasteiger partial charge >= 0.3 is 0 Å². The van der Waals surface area contributed by atoms with Crippen molar-refractivity contribution in [3.05, 3.63) is 83.1 Å². The van der Waals surface area contributed by atoms with Gasteiger partial charge in [-0.15, -0.1) is 11.8 Å². The van der Waals surface area contributed by atoms with E-state index in [-0.39, 0.29) is 11.7 Å². The van der Waals surface area contributed by atoms with E-state index in [0.29, 0.717) is 22.6 Å². The molecule has 0 atom stereocenters. The maximum atomic E-state index is 12.5. The number of rotatable bonds is 7. The summed E-state index contributed by atoms with van der Waals surface area (Å²) < 4.78 is 6.94. The molecule has 2 heterocycles. The van der Waals surface area contributed by atoms with Gasteiger partial charge < -0.3 is 4.42 Å². The molecule has 0 aliphatic heterocycles. The van der Waals surface area contributed by atoms with Gasteiger partial charge in [0.1, 0.15) is 5.76 Å². The topological polar surface area (TPSA) is 64.2 Å². The SMILES string of the molecule is Cc1cc(C(=O)CSCc2ccco2)c(C)n1NC(=O)c1ccccc1. The standard InChI is InChI=1S/C20H20N2O3S/c1-14-11-18(19(23)13-26-12-17-9-6-10-25-17)15(2)22(14)21-20(24)16-7-4-3-5-8-16/h3-11H,12-13H2,1-2H3,(H,21,24). The Kier molecular flexibility index (Phi) is 5.63. The zero-order valence-corrected chi connectivity index (χ0v) is 15.5. The molecular formula is C20H20N2O3S. The van der Waals surface area contributed by atoms with Crippen LogP contribution in [0.1, 0.15) is 37.9 Å². The Morgan fingerprint density at radius 2 is 1.88 bits per heavy atom. The van der Waals surface area contributed by atoms with Crippen molar-refractivity contribution in [3.63, 3.8) is 0 Å². The highest BCUT2D eigenvalue weighted by Crippen LogP contribution is 2.19. The Bertz CT molecular complexity index is 899. The summed E-state index contributed by atoms with van der Waals surface area (Å²) in [5.74, 6) is 1.69. The Hall–Kier alpha value is -2.73. The summed E-state index contributed by atoms with van der Waals surface area (Å²) in [6, 6.07) is 14.5. The quantitative estimate of drug-likeness (QED) is 0.635. The minimum absolute atomic E-state index is 0.0369. The second-order valence-electron chi connectivity index (χ2n) is 5.92. The summed E-state index contributed by atoms with van der Waals surface area (Å²) >= 11 is 1.51. The van der Waals surface area contributed by atoms with Crippen molar-refractivity contribution in [3.8, 4) is 0 Å². The molecule has 6 heteroatoms. The summed E-state index contributed by atoms with van der Waals surface area (Å²) in [5.41, 5.74) is 5.59. The van der Waals surface area contributed by atoms with Crippen LogP contribution in [0.4, 0.5) is 0 Å². The number of furan rings is 1. The molecule has 1 amide bonds. The molecule has 0 fully saturated rings. The van der Waals surface area contributed by atoms with Crippen LogP contribution in [0, 0.1) is 13.8 Å². The van der Waals surface area contributed by atoms with E-state index in [1.165, 1.54) is 11.8 Å². The van der Waals surface area contributed by atoms with Crippen molar-refractivity contribution in [1.29, 1.82) is 0 Å². The Balaban J connectivity index is 1.67. The Morgan fingerprint density at radius 3 is 2.58 bits per heavy atom. The minimum Gasteiger partial charge on any atom is -0.468 e. The van der Waals surface area contributed by atoms with E-state index in [1.807, 2.05) is 50.2 Å². The third-order valence-corrected chi connectivity index (χ3v) is 4.99.